The fourth-order valence-electron chi connectivity index (χ4n) is 3.26. The minimum Gasteiger partial charge on any atom is -0.511 e. The number of carbonyl (C=O) groups excluding carboxylic acids is 1. The molecule has 1 saturated heterocycles. The molecule has 2 N–H and O–H groups in total. The molecule has 1 aliphatic carbocycles. The first-order valence-corrected chi connectivity index (χ1v) is 8.89. The molecule has 1 fully saturated rings. The van der Waals surface area contributed by atoms with E-state index in [1.165, 1.54) is 0 Å². The number of ketones is 1. The van der Waals surface area contributed by atoms with Crippen LogP contribution in [0.25, 0.3) is 0 Å². The van der Waals surface area contributed by atoms with Crippen LogP contribution < -0.4 is 0 Å². The fourth-order valence-corrected chi connectivity index (χ4v) is 4.83. The number of hydrogen-bond donors (Lipinski definition) is 2. The Hall–Kier alpha value is -0.970. The lowest BCUT2D eigenvalue weighted by atomic mass is 9.77. The van der Waals surface area contributed by atoms with Crippen LogP contribution in [-0.2, 0) is 15.6 Å². The topological polar surface area (TPSA) is 78.2 Å². The molecule has 0 aromatic rings. The molecule has 0 bridgehead atoms. The molecule has 1 heterocycles. The summed E-state index contributed by atoms with van der Waals surface area (Å²) >= 11 is 0. The van der Waals surface area contributed by atoms with Crippen LogP contribution in [0.15, 0.2) is 11.3 Å². The number of allylic oxidation sites excluding steroid dienone is 2. The second kappa shape index (κ2) is 6.66. The molecule has 20 heavy (non-hydrogen) atoms. The molecule has 5 heteroatoms. The van der Waals surface area contributed by atoms with Gasteiger partial charge in [0.2, 0.25) is 0 Å². The number of carbonyl (C=O) groups is 1. The van der Waals surface area contributed by atoms with Gasteiger partial charge >= 0.3 is 0 Å². The smallest absolute Gasteiger partial charge is 0.168 e. The summed E-state index contributed by atoms with van der Waals surface area (Å²) in [5.41, 5.74) is 0.515. The zero-order chi connectivity index (χ0) is 14.7. The Bertz CT molecular complexity index is 470. The lowest BCUT2D eigenvalue weighted by molar-refractivity contribution is -0.117. The third-order valence-electron chi connectivity index (χ3n) is 4.29. The number of nitrogens with one attached hydrogen (secondary N) is 1. The van der Waals surface area contributed by atoms with Gasteiger partial charge in [-0.2, -0.15) is 0 Å². The Balaban J connectivity index is 2.10. The van der Waals surface area contributed by atoms with Gasteiger partial charge in [0.15, 0.2) is 5.78 Å². The highest BCUT2D eigenvalue weighted by molar-refractivity contribution is 7.85. The minimum absolute atomic E-state index is 0.0843. The van der Waals surface area contributed by atoms with Crippen molar-refractivity contribution in [2.24, 2.45) is 11.8 Å². The summed E-state index contributed by atoms with van der Waals surface area (Å²) in [6, 6.07) is 0. The Morgan fingerprint density at radius 3 is 2.75 bits per heavy atom. The van der Waals surface area contributed by atoms with Crippen LogP contribution in [0.2, 0.25) is 0 Å². The van der Waals surface area contributed by atoms with Gasteiger partial charge < -0.3 is 10.5 Å². The van der Waals surface area contributed by atoms with Crippen LogP contribution in [0.4, 0.5) is 0 Å². The highest BCUT2D eigenvalue weighted by Crippen LogP contribution is 2.36. The van der Waals surface area contributed by atoms with Crippen LogP contribution >= 0.6 is 0 Å². The lowest BCUT2D eigenvalue weighted by Crippen LogP contribution is -2.33. The summed E-state index contributed by atoms with van der Waals surface area (Å²) in [5, 5.41) is 18.0. The first-order chi connectivity index (χ1) is 9.52. The molecule has 0 radical (unpaired) electrons. The maximum absolute atomic E-state index is 12.2. The Labute approximate surface area is 122 Å². The maximum Gasteiger partial charge on any atom is 0.168 e. The van der Waals surface area contributed by atoms with Crippen molar-refractivity contribution in [3.8, 4) is 0 Å². The maximum atomic E-state index is 12.2. The van der Waals surface area contributed by atoms with E-state index >= 15 is 0 Å². The second-order valence-electron chi connectivity index (χ2n) is 5.85. The average Bonchev–Trinajstić information content (AvgIpc) is 2.38. The first-order valence-electron chi connectivity index (χ1n) is 7.41. The van der Waals surface area contributed by atoms with Crippen molar-refractivity contribution in [3.05, 3.63) is 11.3 Å². The van der Waals surface area contributed by atoms with Crippen molar-refractivity contribution in [2.45, 2.75) is 45.4 Å². The summed E-state index contributed by atoms with van der Waals surface area (Å²) in [7, 11) is -0.766. The van der Waals surface area contributed by atoms with E-state index in [1.807, 2.05) is 6.92 Å². The highest BCUT2D eigenvalue weighted by atomic mass is 32.2. The molecular formula is C15H23NO3S. The molecule has 0 aromatic carbocycles. The summed E-state index contributed by atoms with van der Waals surface area (Å²) in [6.07, 6.45) is 4.14. The van der Waals surface area contributed by atoms with E-state index in [4.69, 9.17) is 5.41 Å². The van der Waals surface area contributed by atoms with E-state index in [2.05, 4.69) is 0 Å². The zero-order valence-corrected chi connectivity index (χ0v) is 12.8. The quantitative estimate of drug-likeness (QED) is 0.783. The van der Waals surface area contributed by atoms with E-state index in [0.717, 1.165) is 25.0 Å². The number of rotatable bonds is 4. The van der Waals surface area contributed by atoms with E-state index in [-0.39, 0.29) is 34.7 Å². The molecule has 3 unspecified atom stereocenters. The van der Waals surface area contributed by atoms with Gasteiger partial charge in [-0.3, -0.25) is 9.00 Å². The van der Waals surface area contributed by atoms with Crippen molar-refractivity contribution in [3.63, 3.8) is 0 Å². The van der Waals surface area contributed by atoms with Gasteiger partial charge in [-0.15, -0.1) is 0 Å². The van der Waals surface area contributed by atoms with Crippen LogP contribution in [-0.4, -0.2) is 32.3 Å². The van der Waals surface area contributed by atoms with Crippen molar-refractivity contribution in [2.75, 3.05) is 11.5 Å². The fraction of sp³-hybridized carbons (Fsp3) is 0.733. The van der Waals surface area contributed by atoms with Gasteiger partial charge in [0, 0.05) is 40.9 Å². The second-order valence-corrected chi connectivity index (χ2v) is 7.48. The summed E-state index contributed by atoms with van der Waals surface area (Å²) in [6.45, 7) is 1.96. The Morgan fingerprint density at radius 1 is 1.40 bits per heavy atom. The Kier molecular flexibility index (Phi) is 5.13. The minimum atomic E-state index is -0.766. The molecule has 2 rings (SSSR count). The monoisotopic (exact) mass is 297 g/mol. The van der Waals surface area contributed by atoms with Crippen LogP contribution in [0.3, 0.4) is 0 Å². The molecule has 1 aliphatic heterocycles. The lowest BCUT2D eigenvalue weighted by Gasteiger charge is -2.32. The third kappa shape index (κ3) is 3.37. The van der Waals surface area contributed by atoms with Crippen molar-refractivity contribution in [1.29, 1.82) is 5.41 Å². The van der Waals surface area contributed by atoms with Crippen molar-refractivity contribution in [1.82, 2.24) is 0 Å². The van der Waals surface area contributed by atoms with Crippen LogP contribution in [0, 0.1) is 17.2 Å². The molecule has 0 amide bonds. The number of hydrogen-bond acceptors (Lipinski definition) is 4. The number of aliphatic hydroxyl groups is 1. The third-order valence-corrected chi connectivity index (χ3v) is 5.83. The molecule has 2 aliphatic rings. The van der Waals surface area contributed by atoms with Gasteiger partial charge in [0.05, 0.1) is 5.57 Å². The standard InChI is InChI=1S/C15H23NO3S/c1-2-4-12(16)15-13(17)7-11(8-14(15)18)10-5-3-6-20(19)9-10/h10-11,16-17H,2-9H2,1H3. The van der Waals surface area contributed by atoms with Gasteiger partial charge in [-0.1, -0.05) is 13.3 Å². The van der Waals surface area contributed by atoms with Gasteiger partial charge in [-0.05, 0) is 31.1 Å². The van der Waals surface area contributed by atoms with Gasteiger partial charge in [-0.25, -0.2) is 0 Å². The largest absolute Gasteiger partial charge is 0.511 e. The predicted molar refractivity (Wildman–Crippen MR) is 80.6 cm³/mol. The zero-order valence-electron chi connectivity index (χ0n) is 12.0. The summed E-state index contributed by atoms with van der Waals surface area (Å²) < 4.78 is 11.7. The summed E-state index contributed by atoms with van der Waals surface area (Å²) in [4.78, 5) is 12.2. The molecular weight excluding hydrogens is 274 g/mol. The average molecular weight is 297 g/mol. The van der Waals surface area contributed by atoms with Crippen LogP contribution in [0.1, 0.15) is 45.4 Å². The number of Topliss-reactive ketones (excluding diaryl/α,β-unsaturated/α-hetero) is 1. The van der Waals surface area contributed by atoms with E-state index in [0.29, 0.717) is 25.0 Å². The number of aliphatic hydroxyl groups excluding tert-OH is 1. The highest BCUT2D eigenvalue weighted by Gasteiger charge is 2.35. The van der Waals surface area contributed by atoms with Gasteiger partial charge in [0.1, 0.15) is 5.76 Å². The molecule has 0 saturated carbocycles. The van der Waals surface area contributed by atoms with Crippen molar-refractivity contribution < 1.29 is 14.1 Å². The molecule has 112 valence electrons. The summed E-state index contributed by atoms with van der Waals surface area (Å²) in [5.74, 6) is 1.79. The van der Waals surface area contributed by atoms with Crippen LogP contribution in [0.5, 0.6) is 0 Å². The molecule has 0 spiro atoms. The molecule has 3 atom stereocenters. The van der Waals surface area contributed by atoms with E-state index < -0.39 is 10.8 Å². The Morgan fingerprint density at radius 2 is 2.15 bits per heavy atom. The predicted octanol–water partition coefficient (Wildman–Crippen LogP) is 2.76. The first kappa shape index (κ1) is 15.4. The molecule has 4 nitrogen and oxygen atoms in total. The van der Waals surface area contributed by atoms with E-state index in [1.54, 1.807) is 0 Å². The molecule has 0 aromatic heterocycles. The van der Waals surface area contributed by atoms with Crippen molar-refractivity contribution >= 4 is 22.3 Å². The van der Waals surface area contributed by atoms with E-state index in [9.17, 15) is 14.1 Å². The normalized spacial score (nSPS) is 31.4. The van der Waals surface area contributed by atoms with Gasteiger partial charge in [0.25, 0.3) is 0 Å². The SMILES string of the molecule is CCCC(=N)C1=C(O)CC(C2CCCS(=O)C2)CC1=O.